The van der Waals surface area contributed by atoms with Crippen LogP contribution < -0.4 is 5.32 Å². The van der Waals surface area contributed by atoms with Crippen molar-refractivity contribution in [2.75, 3.05) is 5.32 Å². The summed E-state index contributed by atoms with van der Waals surface area (Å²) >= 11 is 1.61. The quantitative estimate of drug-likeness (QED) is 0.728. The minimum atomic E-state index is -0.732. The minimum Gasteiger partial charge on any atom is -0.382 e. The van der Waals surface area contributed by atoms with Crippen molar-refractivity contribution in [2.45, 2.75) is 12.5 Å². The maximum absolute atomic E-state index is 13.4. The second-order valence-corrected chi connectivity index (χ2v) is 6.81. The number of hydrogen-bond donors (Lipinski definition) is 1. The summed E-state index contributed by atoms with van der Waals surface area (Å²) in [7, 11) is 0. The first-order valence-electron chi connectivity index (χ1n) is 8.13. The van der Waals surface area contributed by atoms with Gasteiger partial charge in [0.25, 0.3) is 5.91 Å². The second-order valence-electron chi connectivity index (χ2n) is 5.86. The number of oxime groups is 1. The van der Waals surface area contributed by atoms with Crippen molar-refractivity contribution in [2.24, 2.45) is 5.16 Å². The third-order valence-corrected chi connectivity index (χ3v) is 4.99. The third kappa shape index (κ3) is 3.36. The Balaban J connectivity index is 1.48. The predicted molar refractivity (Wildman–Crippen MR) is 101 cm³/mol. The number of benzene rings is 2. The van der Waals surface area contributed by atoms with E-state index >= 15 is 0 Å². The van der Waals surface area contributed by atoms with E-state index in [2.05, 4.69) is 10.5 Å². The third-order valence-electron chi connectivity index (χ3n) is 4.09. The number of para-hydroxylation sites is 1. The molecule has 0 radical (unpaired) electrons. The SMILES string of the molecule is O=C(Nc1ccccc1-c1cccs1)[C@H]1CC(c2cccc(F)c2)=NO1. The summed E-state index contributed by atoms with van der Waals surface area (Å²) < 4.78 is 13.4. The van der Waals surface area contributed by atoms with Crippen LogP contribution in [0.4, 0.5) is 10.1 Å². The van der Waals surface area contributed by atoms with Crippen molar-refractivity contribution in [3.63, 3.8) is 0 Å². The van der Waals surface area contributed by atoms with E-state index < -0.39 is 6.10 Å². The van der Waals surface area contributed by atoms with E-state index in [0.29, 0.717) is 17.7 Å². The zero-order chi connectivity index (χ0) is 17.9. The van der Waals surface area contributed by atoms with Gasteiger partial charge in [-0.1, -0.05) is 41.6 Å². The van der Waals surface area contributed by atoms with Gasteiger partial charge in [0.2, 0.25) is 6.10 Å². The first-order chi connectivity index (χ1) is 12.7. The Morgan fingerprint density at radius 3 is 2.85 bits per heavy atom. The van der Waals surface area contributed by atoms with Gasteiger partial charge in [-0.25, -0.2) is 4.39 Å². The molecule has 4 rings (SSSR count). The van der Waals surface area contributed by atoms with Crippen molar-refractivity contribution in [1.82, 2.24) is 0 Å². The molecule has 0 bridgehead atoms. The number of nitrogens with zero attached hydrogens (tertiary/aromatic N) is 1. The summed E-state index contributed by atoms with van der Waals surface area (Å²) in [5.41, 5.74) is 2.87. The summed E-state index contributed by atoms with van der Waals surface area (Å²) in [6, 6.07) is 17.7. The molecule has 0 saturated heterocycles. The zero-order valence-corrected chi connectivity index (χ0v) is 14.5. The highest BCUT2D eigenvalue weighted by atomic mass is 32.1. The van der Waals surface area contributed by atoms with Crippen molar-refractivity contribution < 1.29 is 14.0 Å². The molecule has 1 N–H and O–H groups in total. The lowest BCUT2D eigenvalue weighted by Crippen LogP contribution is -2.28. The molecule has 0 spiro atoms. The lowest BCUT2D eigenvalue weighted by molar-refractivity contribution is -0.125. The van der Waals surface area contributed by atoms with Crippen LogP contribution in [0.5, 0.6) is 0 Å². The van der Waals surface area contributed by atoms with Crippen LogP contribution >= 0.6 is 11.3 Å². The number of anilines is 1. The number of rotatable bonds is 4. The highest BCUT2D eigenvalue weighted by molar-refractivity contribution is 7.13. The normalized spacial score (nSPS) is 16.0. The van der Waals surface area contributed by atoms with Gasteiger partial charge in [-0.05, 0) is 29.6 Å². The predicted octanol–water partition coefficient (Wildman–Crippen LogP) is 4.69. The molecule has 0 unspecified atom stereocenters. The van der Waals surface area contributed by atoms with Crippen molar-refractivity contribution in [3.05, 3.63) is 77.4 Å². The molecule has 0 saturated carbocycles. The minimum absolute atomic E-state index is 0.274. The van der Waals surface area contributed by atoms with E-state index in [1.165, 1.54) is 12.1 Å². The summed E-state index contributed by atoms with van der Waals surface area (Å²) in [6.07, 6.45) is -0.430. The Morgan fingerprint density at radius 1 is 1.15 bits per heavy atom. The maximum atomic E-state index is 13.4. The molecule has 130 valence electrons. The van der Waals surface area contributed by atoms with Crippen molar-refractivity contribution in [3.8, 4) is 10.4 Å². The van der Waals surface area contributed by atoms with Crippen LogP contribution in [0.1, 0.15) is 12.0 Å². The molecule has 0 aliphatic carbocycles. The average molecular weight is 366 g/mol. The van der Waals surface area contributed by atoms with Gasteiger partial charge in [0, 0.05) is 28.1 Å². The fourth-order valence-corrected chi connectivity index (χ4v) is 3.57. The number of halogens is 1. The summed E-state index contributed by atoms with van der Waals surface area (Å²) in [4.78, 5) is 19.0. The molecule has 1 aliphatic heterocycles. The largest absolute Gasteiger partial charge is 0.382 e. The van der Waals surface area contributed by atoms with E-state index in [1.807, 2.05) is 41.8 Å². The Morgan fingerprint density at radius 2 is 2.04 bits per heavy atom. The highest BCUT2D eigenvalue weighted by Crippen LogP contribution is 2.31. The molecule has 1 amide bonds. The van der Waals surface area contributed by atoms with Gasteiger partial charge in [0.05, 0.1) is 5.71 Å². The molecule has 0 fully saturated rings. The molecule has 4 nitrogen and oxygen atoms in total. The topological polar surface area (TPSA) is 50.7 Å². The Bertz CT molecular complexity index is 969. The van der Waals surface area contributed by atoms with Crippen LogP contribution in [-0.4, -0.2) is 17.7 Å². The van der Waals surface area contributed by atoms with Crippen molar-refractivity contribution >= 4 is 28.6 Å². The van der Waals surface area contributed by atoms with Gasteiger partial charge >= 0.3 is 0 Å². The molecule has 1 aromatic heterocycles. The van der Waals surface area contributed by atoms with Gasteiger partial charge in [-0.15, -0.1) is 11.3 Å². The number of thiophene rings is 1. The van der Waals surface area contributed by atoms with Gasteiger partial charge in [-0.3, -0.25) is 4.79 Å². The zero-order valence-electron chi connectivity index (χ0n) is 13.7. The van der Waals surface area contributed by atoms with E-state index in [4.69, 9.17) is 4.84 Å². The molecule has 3 aromatic rings. The fraction of sp³-hybridized carbons (Fsp3) is 0.100. The summed E-state index contributed by atoms with van der Waals surface area (Å²) in [5, 5.41) is 8.87. The maximum Gasteiger partial charge on any atom is 0.268 e. The van der Waals surface area contributed by atoms with Crippen LogP contribution in [0, 0.1) is 5.82 Å². The van der Waals surface area contributed by atoms with E-state index in [1.54, 1.807) is 23.5 Å². The first kappa shape index (κ1) is 16.5. The summed E-state index contributed by atoms with van der Waals surface area (Å²) in [5.74, 6) is -0.618. The van der Waals surface area contributed by atoms with E-state index in [-0.39, 0.29) is 11.7 Å². The number of carbonyl (C=O) groups is 1. The number of hydrogen-bond acceptors (Lipinski definition) is 4. The van der Waals surface area contributed by atoms with Crippen LogP contribution in [0.15, 0.2) is 71.2 Å². The highest BCUT2D eigenvalue weighted by Gasteiger charge is 2.29. The monoisotopic (exact) mass is 366 g/mol. The lowest BCUT2D eigenvalue weighted by atomic mass is 10.0. The van der Waals surface area contributed by atoms with Crippen LogP contribution in [-0.2, 0) is 9.63 Å². The smallest absolute Gasteiger partial charge is 0.268 e. The Labute approximate surface area is 153 Å². The van der Waals surface area contributed by atoms with Gasteiger partial charge in [-0.2, -0.15) is 0 Å². The van der Waals surface area contributed by atoms with Gasteiger partial charge in [0.1, 0.15) is 5.82 Å². The van der Waals surface area contributed by atoms with Crippen LogP contribution in [0.25, 0.3) is 10.4 Å². The Hall–Kier alpha value is -2.99. The molecule has 6 heteroatoms. The molecule has 2 heterocycles. The van der Waals surface area contributed by atoms with Crippen molar-refractivity contribution in [1.29, 1.82) is 0 Å². The number of carbonyl (C=O) groups excluding carboxylic acids is 1. The van der Waals surface area contributed by atoms with Gasteiger partial charge in [0.15, 0.2) is 0 Å². The van der Waals surface area contributed by atoms with E-state index in [9.17, 15) is 9.18 Å². The Kier molecular flexibility index (Phi) is 4.50. The van der Waals surface area contributed by atoms with E-state index in [0.717, 1.165) is 16.1 Å². The molecule has 2 aromatic carbocycles. The summed E-state index contributed by atoms with van der Waals surface area (Å²) in [6.45, 7) is 0. The second kappa shape index (κ2) is 7.09. The average Bonchev–Trinajstić information content (AvgIpc) is 3.34. The van der Waals surface area contributed by atoms with Crippen LogP contribution in [0.3, 0.4) is 0 Å². The molecular formula is C20H15FN2O2S. The standard InChI is InChI=1S/C20H15FN2O2S/c21-14-6-3-5-13(11-14)17-12-18(25-23-17)20(24)22-16-8-2-1-7-15(16)19-9-4-10-26-19/h1-11,18H,12H2,(H,22,24)/t18-/m1/s1. The molecule has 26 heavy (non-hydrogen) atoms. The first-order valence-corrected chi connectivity index (χ1v) is 9.01. The van der Waals surface area contributed by atoms with Crippen LogP contribution in [0.2, 0.25) is 0 Å². The number of nitrogens with one attached hydrogen (secondary N) is 1. The molecule has 1 aliphatic rings. The molecular weight excluding hydrogens is 351 g/mol. The number of amides is 1. The van der Waals surface area contributed by atoms with Gasteiger partial charge < -0.3 is 10.2 Å². The fourth-order valence-electron chi connectivity index (χ4n) is 2.81. The molecule has 1 atom stereocenters. The lowest BCUT2D eigenvalue weighted by Gasteiger charge is -2.12.